The zero-order valence-electron chi connectivity index (χ0n) is 13.2. The standard InChI is InChI=1S/C15H14N2O5S.K/c1-2-22-14-7-5-12(6-8-14)16-17-13-4-3-11(10-18)15(9-13)23(19,20)21;/h3-10H,2H2,1H3,(H,19,20,21);/q;+1. The predicted octanol–water partition coefficient (Wildman–Crippen LogP) is 0.564. The number of aldehydes is 1. The minimum Gasteiger partial charge on any atom is -0.494 e. The molecule has 0 heterocycles. The van der Waals surface area contributed by atoms with Crippen LogP contribution in [0.25, 0.3) is 0 Å². The van der Waals surface area contributed by atoms with E-state index in [4.69, 9.17) is 9.29 Å². The van der Waals surface area contributed by atoms with Gasteiger partial charge in [0.15, 0.2) is 6.29 Å². The molecule has 2 aromatic rings. The van der Waals surface area contributed by atoms with Crippen molar-refractivity contribution in [2.45, 2.75) is 11.8 Å². The normalized spacial score (nSPS) is 11.1. The first-order valence-corrected chi connectivity index (χ1v) is 8.09. The number of carbonyl (C=O) groups excluding carboxylic acids is 1. The van der Waals surface area contributed by atoms with Crippen molar-refractivity contribution in [3.8, 4) is 5.75 Å². The van der Waals surface area contributed by atoms with Gasteiger partial charge in [-0.3, -0.25) is 9.35 Å². The van der Waals surface area contributed by atoms with Gasteiger partial charge in [-0.15, -0.1) is 0 Å². The third-order valence-electron chi connectivity index (χ3n) is 2.83. The Kier molecular flexibility index (Phi) is 8.37. The second-order valence-corrected chi connectivity index (χ2v) is 5.83. The molecule has 24 heavy (non-hydrogen) atoms. The molecule has 0 saturated heterocycles. The smallest absolute Gasteiger partial charge is 0.494 e. The molecule has 0 bridgehead atoms. The Morgan fingerprint density at radius 2 is 1.67 bits per heavy atom. The maximum Gasteiger partial charge on any atom is 1.00 e. The van der Waals surface area contributed by atoms with Crippen molar-refractivity contribution < 1.29 is 73.9 Å². The van der Waals surface area contributed by atoms with Crippen LogP contribution in [0.1, 0.15) is 17.3 Å². The second-order valence-electron chi connectivity index (χ2n) is 4.44. The average Bonchev–Trinajstić information content (AvgIpc) is 2.53. The summed E-state index contributed by atoms with van der Waals surface area (Å²) in [6.07, 6.45) is 0.344. The van der Waals surface area contributed by atoms with E-state index in [2.05, 4.69) is 10.2 Å². The summed E-state index contributed by atoms with van der Waals surface area (Å²) < 4.78 is 36.9. The Balaban J connectivity index is 0.00000288. The molecule has 0 fully saturated rings. The maximum atomic E-state index is 11.2. The van der Waals surface area contributed by atoms with E-state index < -0.39 is 15.0 Å². The first-order chi connectivity index (χ1) is 10.9. The van der Waals surface area contributed by atoms with Gasteiger partial charge in [0.25, 0.3) is 10.1 Å². The van der Waals surface area contributed by atoms with Gasteiger partial charge in [-0.05, 0) is 49.4 Å². The second kappa shape index (κ2) is 9.52. The Hall–Kier alpha value is -0.944. The number of azo groups is 1. The van der Waals surface area contributed by atoms with E-state index in [1.807, 2.05) is 6.92 Å². The van der Waals surface area contributed by atoms with Crippen molar-refractivity contribution >= 4 is 27.8 Å². The van der Waals surface area contributed by atoms with Crippen LogP contribution in [0.4, 0.5) is 11.4 Å². The minimum absolute atomic E-state index is 0. The van der Waals surface area contributed by atoms with Crippen molar-refractivity contribution in [3.05, 3.63) is 48.0 Å². The number of ether oxygens (including phenoxy) is 1. The molecule has 0 atom stereocenters. The molecule has 7 nitrogen and oxygen atoms in total. The summed E-state index contributed by atoms with van der Waals surface area (Å²) in [7, 11) is -4.51. The van der Waals surface area contributed by atoms with Crippen molar-refractivity contribution in [2.75, 3.05) is 6.61 Å². The van der Waals surface area contributed by atoms with Crippen LogP contribution in [0.2, 0.25) is 0 Å². The molecule has 0 unspecified atom stereocenters. The molecule has 120 valence electrons. The van der Waals surface area contributed by atoms with Gasteiger partial charge in [-0.1, -0.05) is 0 Å². The van der Waals surface area contributed by atoms with Gasteiger partial charge in [-0.2, -0.15) is 18.6 Å². The molecule has 0 saturated carbocycles. The van der Waals surface area contributed by atoms with Crippen molar-refractivity contribution in [3.63, 3.8) is 0 Å². The van der Waals surface area contributed by atoms with Crippen LogP contribution < -0.4 is 56.1 Å². The minimum atomic E-state index is -4.51. The fourth-order valence-electron chi connectivity index (χ4n) is 1.80. The van der Waals surface area contributed by atoms with Crippen LogP contribution in [0.5, 0.6) is 5.75 Å². The van der Waals surface area contributed by atoms with Crippen LogP contribution >= 0.6 is 0 Å². The van der Waals surface area contributed by atoms with Crippen LogP contribution in [-0.4, -0.2) is 25.9 Å². The molecule has 9 heteroatoms. The molecule has 0 aromatic heterocycles. The summed E-state index contributed by atoms with van der Waals surface area (Å²) in [6, 6.07) is 10.6. The summed E-state index contributed by atoms with van der Waals surface area (Å²) in [5, 5.41) is 7.86. The number of benzene rings is 2. The van der Waals surface area contributed by atoms with Crippen molar-refractivity contribution in [1.29, 1.82) is 0 Å². The quantitative estimate of drug-likeness (QED) is 0.345. The molecule has 0 amide bonds. The third kappa shape index (κ3) is 5.85. The SMILES string of the molecule is CCOc1ccc(N=Nc2ccc(C=O)c(S(=O)(=O)O)c2)cc1.[K+]. The van der Waals surface area contributed by atoms with Crippen molar-refractivity contribution in [1.82, 2.24) is 0 Å². The predicted molar refractivity (Wildman–Crippen MR) is 83.4 cm³/mol. The monoisotopic (exact) mass is 373 g/mol. The maximum absolute atomic E-state index is 11.2. The molecule has 0 aliphatic carbocycles. The van der Waals surface area contributed by atoms with E-state index in [1.165, 1.54) is 12.1 Å². The molecule has 2 aromatic carbocycles. The van der Waals surface area contributed by atoms with Crippen LogP contribution in [0.15, 0.2) is 57.6 Å². The molecule has 0 spiro atoms. The molecule has 0 aliphatic heterocycles. The van der Waals surface area contributed by atoms with Gasteiger partial charge in [-0.25, -0.2) is 0 Å². The Morgan fingerprint density at radius 3 is 2.21 bits per heavy atom. The third-order valence-corrected chi connectivity index (χ3v) is 3.74. The first kappa shape index (κ1) is 21.1. The largest absolute Gasteiger partial charge is 1.00 e. The van der Waals surface area contributed by atoms with Gasteiger partial charge in [0, 0.05) is 5.56 Å². The molecular weight excluding hydrogens is 359 g/mol. The Morgan fingerprint density at radius 1 is 1.08 bits per heavy atom. The van der Waals surface area contributed by atoms with Gasteiger partial charge in [0.05, 0.1) is 18.0 Å². The summed E-state index contributed by atoms with van der Waals surface area (Å²) in [6.45, 7) is 2.44. The summed E-state index contributed by atoms with van der Waals surface area (Å²) in [5.41, 5.74) is 0.589. The van der Waals surface area contributed by atoms with E-state index in [1.54, 1.807) is 24.3 Å². The fraction of sp³-hybridized carbons (Fsp3) is 0.133. The van der Waals surface area contributed by atoms with Gasteiger partial charge >= 0.3 is 51.4 Å². The Labute approximate surface area is 182 Å². The zero-order chi connectivity index (χ0) is 16.9. The molecule has 0 aliphatic rings. The van der Waals surface area contributed by atoms with Gasteiger partial charge in [0.2, 0.25) is 0 Å². The number of carbonyl (C=O) groups is 1. The van der Waals surface area contributed by atoms with E-state index in [9.17, 15) is 13.2 Å². The average molecular weight is 373 g/mol. The summed E-state index contributed by atoms with van der Waals surface area (Å²) in [5.74, 6) is 0.704. The van der Waals surface area contributed by atoms with E-state index in [0.29, 0.717) is 24.3 Å². The summed E-state index contributed by atoms with van der Waals surface area (Å²) in [4.78, 5) is 10.3. The van der Waals surface area contributed by atoms with Gasteiger partial charge < -0.3 is 4.74 Å². The topological polar surface area (TPSA) is 105 Å². The zero-order valence-corrected chi connectivity index (χ0v) is 17.1. The summed E-state index contributed by atoms with van der Waals surface area (Å²) >= 11 is 0. The Bertz CT molecular complexity index is 835. The van der Waals surface area contributed by atoms with E-state index in [-0.39, 0.29) is 62.6 Å². The van der Waals surface area contributed by atoms with Gasteiger partial charge in [0.1, 0.15) is 10.6 Å². The molecular formula is C15H14KN2O5S+. The molecule has 1 N–H and O–H groups in total. The van der Waals surface area contributed by atoms with E-state index >= 15 is 0 Å². The first-order valence-electron chi connectivity index (χ1n) is 6.65. The van der Waals surface area contributed by atoms with Crippen LogP contribution in [0, 0.1) is 0 Å². The van der Waals surface area contributed by atoms with Crippen LogP contribution in [0.3, 0.4) is 0 Å². The molecule has 2 rings (SSSR count). The van der Waals surface area contributed by atoms with Crippen LogP contribution in [-0.2, 0) is 10.1 Å². The molecule has 0 radical (unpaired) electrons. The fourth-order valence-corrected chi connectivity index (χ4v) is 2.48. The number of nitrogens with zero attached hydrogens (tertiary/aromatic N) is 2. The van der Waals surface area contributed by atoms with Crippen molar-refractivity contribution in [2.24, 2.45) is 10.2 Å². The van der Waals surface area contributed by atoms with E-state index in [0.717, 1.165) is 6.07 Å². The number of rotatable bonds is 6. The number of hydrogen-bond acceptors (Lipinski definition) is 6. The number of hydrogen-bond donors (Lipinski definition) is 1.